The second kappa shape index (κ2) is 8.57. The fourth-order valence-electron chi connectivity index (χ4n) is 2.04. The molecule has 0 unspecified atom stereocenters. The number of nitrogens with one attached hydrogen (secondary N) is 3. The first-order valence-electron chi connectivity index (χ1n) is 7.36. The average molecular weight is 412 g/mol. The molecular weight excluding hydrogens is 396 g/mol. The Morgan fingerprint density at radius 3 is 2.32 bits per heavy atom. The zero-order valence-electron chi connectivity index (χ0n) is 13.3. The molecule has 0 fully saturated rings. The van der Waals surface area contributed by atoms with Gasteiger partial charge in [0.25, 0.3) is 0 Å². The largest absolute Gasteiger partial charge is 0.376 e. The Bertz CT molecular complexity index is 779. The summed E-state index contributed by atoms with van der Waals surface area (Å²) >= 11 is 3.33. The molecule has 2 amide bonds. The summed E-state index contributed by atoms with van der Waals surface area (Å²) in [6, 6.07) is 8.27. The molecule has 5 nitrogen and oxygen atoms in total. The minimum absolute atomic E-state index is 0.141. The van der Waals surface area contributed by atoms with Gasteiger partial charge in [-0.2, -0.15) is 0 Å². The highest BCUT2D eigenvalue weighted by Gasteiger charge is 2.08. The Balaban J connectivity index is 1.78. The lowest BCUT2D eigenvalue weighted by Gasteiger charge is -2.10. The predicted molar refractivity (Wildman–Crippen MR) is 95.4 cm³/mol. The highest BCUT2D eigenvalue weighted by atomic mass is 79.9. The maximum absolute atomic E-state index is 13.0. The Morgan fingerprint density at radius 2 is 1.68 bits per heavy atom. The van der Waals surface area contributed by atoms with Crippen molar-refractivity contribution in [3.8, 4) is 0 Å². The van der Waals surface area contributed by atoms with Crippen molar-refractivity contribution in [2.24, 2.45) is 0 Å². The smallest absolute Gasteiger partial charge is 0.243 e. The lowest BCUT2D eigenvalue weighted by Crippen LogP contribution is -2.36. The van der Waals surface area contributed by atoms with Gasteiger partial charge in [0.05, 0.1) is 13.1 Å². The lowest BCUT2D eigenvalue weighted by atomic mass is 10.2. The number of hydrogen-bond donors (Lipinski definition) is 3. The van der Waals surface area contributed by atoms with Crippen molar-refractivity contribution < 1.29 is 18.4 Å². The van der Waals surface area contributed by atoms with Crippen LogP contribution in [0, 0.1) is 18.6 Å². The number of carbonyl (C=O) groups excluding carboxylic acids is 2. The highest BCUT2D eigenvalue weighted by molar-refractivity contribution is 9.10. The van der Waals surface area contributed by atoms with Crippen LogP contribution in [0.4, 0.5) is 20.2 Å². The number of benzene rings is 2. The summed E-state index contributed by atoms with van der Waals surface area (Å²) in [5, 5.41) is 7.70. The van der Waals surface area contributed by atoms with Crippen LogP contribution in [0.25, 0.3) is 0 Å². The van der Waals surface area contributed by atoms with Crippen LogP contribution in [0.3, 0.4) is 0 Å². The fraction of sp³-hybridized carbons (Fsp3) is 0.176. The van der Waals surface area contributed by atoms with E-state index in [1.54, 1.807) is 12.1 Å². The molecular formula is C17H16BrF2N3O2. The molecule has 3 N–H and O–H groups in total. The van der Waals surface area contributed by atoms with Crippen LogP contribution in [0.5, 0.6) is 0 Å². The Hall–Kier alpha value is -2.48. The summed E-state index contributed by atoms with van der Waals surface area (Å²) in [4.78, 5) is 23.6. The molecule has 0 heterocycles. The van der Waals surface area contributed by atoms with Crippen molar-refractivity contribution in [2.45, 2.75) is 6.92 Å². The zero-order chi connectivity index (χ0) is 18.4. The highest BCUT2D eigenvalue weighted by Crippen LogP contribution is 2.19. The minimum atomic E-state index is -0.743. The van der Waals surface area contributed by atoms with E-state index >= 15 is 0 Å². The predicted octanol–water partition coefficient (Wildman–Crippen LogP) is 3.20. The number of amides is 2. The molecule has 2 aromatic carbocycles. The second-order valence-electron chi connectivity index (χ2n) is 5.30. The molecule has 0 bridgehead atoms. The van der Waals surface area contributed by atoms with E-state index < -0.39 is 17.5 Å². The van der Waals surface area contributed by atoms with Crippen molar-refractivity contribution in [3.63, 3.8) is 0 Å². The van der Waals surface area contributed by atoms with Crippen molar-refractivity contribution in [2.75, 3.05) is 23.7 Å². The van der Waals surface area contributed by atoms with Crippen molar-refractivity contribution in [1.29, 1.82) is 0 Å². The molecule has 0 aromatic heterocycles. The fourth-order valence-corrected chi connectivity index (χ4v) is 2.52. The summed E-state index contributed by atoms with van der Waals surface area (Å²) < 4.78 is 27.0. The van der Waals surface area contributed by atoms with Gasteiger partial charge in [-0.1, -0.05) is 15.9 Å². The standard InChI is InChI=1S/C17H16BrF2N3O2/c1-10-4-11(18)2-3-15(10)23-17(25)9-22-16(24)8-21-14-6-12(19)5-13(20)7-14/h2-7,21H,8-9H2,1H3,(H,22,24)(H,23,25). The van der Waals surface area contributed by atoms with E-state index in [2.05, 4.69) is 31.9 Å². The molecule has 8 heteroatoms. The van der Waals surface area contributed by atoms with E-state index in [-0.39, 0.29) is 24.7 Å². The first kappa shape index (κ1) is 18.9. The van der Waals surface area contributed by atoms with Gasteiger partial charge in [-0.25, -0.2) is 8.78 Å². The van der Waals surface area contributed by atoms with Gasteiger partial charge < -0.3 is 16.0 Å². The summed E-state index contributed by atoms with van der Waals surface area (Å²) in [6.07, 6.45) is 0. The summed E-state index contributed by atoms with van der Waals surface area (Å²) in [7, 11) is 0. The number of carbonyl (C=O) groups is 2. The van der Waals surface area contributed by atoms with Gasteiger partial charge in [-0.15, -0.1) is 0 Å². The minimum Gasteiger partial charge on any atom is -0.376 e. The van der Waals surface area contributed by atoms with Crippen LogP contribution in [-0.4, -0.2) is 24.9 Å². The topological polar surface area (TPSA) is 70.2 Å². The average Bonchev–Trinajstić information content (AvgIpc) is 2.53. The molecule has 2 aromatic rings. The zero-order valence-corrected chi connectivity index (χ0v) is 14.9. The molecule has 0 saturated heterocycles. The molecule has 0 aliphatic carbocycles. The van der Waals surface area contributed by atoms with Gasteiger partial charge in [0.15, 0.2) is 0 Å². The molecule has 0 atom stereocenters. The van der Waals surface area contributed by atoms with Crippen molar-refractivity contribution in [3.05, 3.63) is 58.1 Å². The Kier molecular flexibility index (Phi) is 6.46. The molecule has 0 aliphatic heterocycles. The Labute approximate surface area is 151 Å². The monoisotopic (exact) mass is 411 g/mol. The lowest BCUT2D eigenvalue weighted by molar-refractivity contribution is -0.122. The van der Waals surface area contributed by atoms with Crippen LogP contribution >= 0.6 is 15.9 Å². The van der Waals surface area contributed by atoms with Crippen LogP contribution < -0.4 is 16.0 Å². The van der Waals surface area contributed by atoms with Gasteiger partial charge >= 0.3 is 0 Å². The van der Waals surface area contributed by atoms with Gasteiger partial charge in [-0.3, -0.25) is 9.59 Å². The third kappa shape index (κ3) is 6.15. The van der Waals surface area contributed by atoms with Crippen molar-refractivity contribution >= 4 is 39.1 Å². The van der Waals surface area contributed by atoms with E-state index in [4.69, 9.17) is 0 Å². The molecule has 0 radical (unpaired) electrons. The maximum atomic E-state index is 13.0. The molecule has 132 valence electrons. The third-order valence-electron chi connectivity index (χ3n) is 3.22. The van der Waals surface area contributed by atoms with E-state index in [9.17, 15) is 18.4 Å². The summed E-state index contributed by atoms with van der Waals surface area (Å²) in [5.41, 5.74) is 1.67. The molecule has 0 saturated carbocycles. The molecule has 0 aliphatic rings. The van der Waals surface area contributed by atoms with E-state index in [0.29, 0.717) is 5.69 Å². The van der Waals surface area contributed by atoms with Crippen LogP contribution in [0.1, 0.15) is 5.56 Å². The van der Waals surface area contributed by atoms with Crippen molar-refractivity contribution in [1.82, 2.24) is 5.32 Å². The molecule has 0 spiro atoms. The van der Waals surface area contributed by atoms with Gasteiger partial charge in [-0.05, 0) is 42.8 Å². The first-order chi connectivity index (χ1) is 11.8. The summed E-state index contributed by atoms with van der Waals surface area (Å²) in [5.74, 6) is -2.35. The number of rotatable bonds is 6. The number of anilines is 2. The first-order valence-corrected chi connectivity index (χ1v) is 8.15. The SMILES string of the molecule is Cc1cc(Br)ccc1NC(=O)CNC(=O)CNc1cc(F)cc(F)c1. The Morgan fingerprint density at radius 1 is 1.00 bits per heavy atom. The maximum Gasteiger partial charge on any atom is 0.243 e. The normalized spacial score (nSPS) is 10.2. The number of halogens is 3. The van der Waals surface area contributed by atoms with E-state index in [1.807, 2.05) is 13.0 Å². The van der Waals surface area contributed by atoms with Gasteiger partial charge in [0, 0.05) is 21.9 Å². The van der Waals surface area contributed by atoms with E-state index in [1.165, 1.54) is 0 Å². The van der Waals surface area contributed by atoms with Crippen LogP contribution in [0.15, 0.2) is 40.9 Å². The van der Waals surface area contributed by atoms with E-state index in [0.717, 1.165) is 28.2 Å². The van der Waals surface area contributed by atoms with Crippen LogP contribution in [0.2, 0.25) is 0 Å². The van der Waals surface area contributed by atoms with Gasteiger partial charge in [0.1, 0.15) is 11.6 Å². The number of aryl methyl sites for hydroxylation is 1. The number of hydrogen-bond acceptors (Lipinski definition) is 3. The third-order valence-corrected chi connectivity index (χ3v) is 3.72. The second-order valence-corrected chi connectivity index (χ2v) is 6.21. The molecule has 2 rings (SSSR count). The summed E-state index contributed by atoms with van der Waals surface area (Å²) in [6.45, 7) is 1.42. The molecule has 25 heavy (non-hydrogen) atoms. The quantitative estimate of drug-likeness (QED) is 0.683. The van der Waals surface area contributed by atoms with Crippen LogP contribution in [-0.2, 0) is 9.59 Å². The van der Waals surface area contributed by atoms with Gasteiger partial charge in [0.2, 0.25) is 11.8 Å².